The van der Waals surface area contributed by atoms with E-state index in [1.54, 1.807) is 30.3 Å². The van der Waals surface area contributed by atoms with E-state index in [1.165, 1.54) is 0 Å². The van der Waals surface area contributed by atoms with Gasteiger partial charge in [0.25, 0.3) is 0 Å². The zero-order valence-corrected chi connectivity index (χ0v) is 25.5. The van der Waals surface area contributed by atoms with Crippen LogP contribution in [0.2, 0.25) is 0 Å². The number of rotatable bonds is 4. The highest BCUT2D eigenvalue weighted by Crippen LogP contribution is 2.41. The van der Waals surface area contributed by atoms with E-state index < -0.39 is 189 Å². The molecule has 0 atom stereocenters. The summed E-state index contributed by atoms with van der Waals surface area (Å²) in [6.45, 7) is 0. The highest BCUT2D eigenvalue weighted by Gasteiger charge is 2.22. The van der Waals surface area contributed by atoms with Crippen LogP contribution in [0.5, 0.6) is 0 Å². The standard InChI is InChI=1S/C45H26N4O2/c1-3-12-27(13-4-1)30-18-11-21-38-40(30)35-23-22-29(26-39(35)50-38)44-46-43(28-14-5-2-6-15-28)47-45(48-44)49-36-19-9-7-16-31(36)33-24-25-34-32-17-8-10-20-37(32)51-42(34)41(33)49/h1-26H/i2D,5D,6D,7D,8D,9D,10D,11D,14D,15D,16D,17D,18D,19D,20D,21D,22D,23D,24D,25D,26D. The van der Waals surface area contributed by atoms with Gasteiger partial charge in [-0.1, -0.05) is 121 Å². The van der Waals surface area contributed by atoms with Crippen LogP contribution in [0, 0.1) is 0 Å². The van der Waals surface area contributed by atoms with Crippen molar-refractivity contribution in [3.8, 4) is 39.9 Å². The van der Waals surface area contributed by atoms with Gasteiger partial charge < -0.3 is 8.83 Å². The van der Waals surface area contributed by atoms with Crippen LogP contribution in [0.3, 0.4) is 0 Å². The minimum absolute atomic E-state index is 0.0205. The number of furan rings is 2. The zero-order chi connectivity index (χ0) is 51.7. The Bertz CT molecular complexity index is 4330. The molecule has 0 radical (unpaired) electrons. The molecule has 7 aromatic carbocycles. The van der Waals surface area contributed by atoms with E-state index in [9.17, 15) is 8.22 Å². The average Bonchev–Trinajstić information content (AvgIpc) is 4.08. The lowest BCUT2D eigenvalue weighted by molar-refractivity contribution is 0.669. The molecular formula is C45H26N4O2. The van der Waals surface area contributed by atoms with Gasteiger partial charge >= 0.3 is 0 Å². The summed E-state index contributed by atoms with van der Waals surface area (Å²) in [6.07, 6.45) is 0. The first kappa shape index (κ1) is 14.4. The Morgan fingerprint density at radius 2 is 1.22 bits per heavy atom. The maximum atomic E-state index is 9.63. The third-order valence-electron chi connectivity index (χ3n) is 8.37. The minimum atomic E-state index is -0.844. The van der Waals surface area contributed by atoms with Crippen molar-refractivity contribution in [1.29, 1.82) is 0 Å². The molecule has 0 amide bonds. The van der Waals surface area contributed by atoms with Crippen molar-refractivity contribution in [2.45, 2.75) is 0 Å². The molecule has 11 rings (SSSR count). The fourth-order valence-corrected chi connectivity index (χ4v) is 6.20. The van der Waals surface area contributed by atoms with Crippen LogP contribution in [0.4, 0.5) is 0 Å². The Balaban J connectivity index is 1.36. The molecule has 0 fully saturated rings. The van der Waals surface area contributed by atoms with Crippen LogP contribution < -0.4 is 0 Å². The maximum absolute atomic E-state index is 9.63. The molecule has 51 heavy (non-hydrogen) atoms. The van der Waals surface area contributed by atoms with Crippen LogP contribution in [0.1, 0.15) is 28.8 Å². The molecule has 4 heterocycles. The number of hydrogen-bond acceptors (Lipinski definition) is 5. The van der Waals surface area contributed by atoms with E-state index in [0.29, 0.717) is 5.56 Å². The van der Waals surface area contributed by atoms with Crippen LogP contribution in [0.15, 0.2) is 166 Å². The Labute approximate surface area is 320 Å². The predicted molar refractivity (Wildman–Crippen MR) is 205 cm³/mol. The number of nitrogens with zero attached hydrogens (tertiary/aromatic N) is 4. The second kappa shape index (κ2) is 10.7. The van der Waals surface area contributed by atoms with Gasteiger partial charge in [-0.05, 0) is 47.4 Å². The molecule has 11 aromatic rings. The van der Waals surface area contributed by atoms with Crippen LogP contribution in [0.25, 0.3) is 106 Å². The molecule has 238 valence electrons. The topological polar surface area (TPSA) is 69.9 Å². The summed E-state index contributed by atoms with van der Waals surface area (Å²) in [5.74, 6) is -2.19. The van der Waals surface area contributed by atoms with E-state index >= 15 is 0 Å². The molecule has 0 aliphatic heterocycles. The molecule has 0 saturated carbocycles. The highest BCUT2D eigenvalue weighted by molar-refractivity contribution is 6.21. The van der Waals surface area contributed by atoms with E-state index in [4.69, 9.17) is 29.4 Å². The minimum Gasteiger partial charge on any atom is -0.456 e. The van der Waals surface area contributed by atoms with Crippen molar-refractivity contribution in [2.24, 2.45) is 0 Å². The smallest absolute Gasteiger partial charge is 0.238 e. The molecule has 4 aromatic heterocycles. The van der Waals surface area contributed by atoms with Gasteiger partial charge in [-0.2, -0.15) is 9.97 Å². The monoisotopic (exact) mass is 675 g/mol. The lowest BCUT2D eigenvalue weighted by Crippen LogP contribution is -2.06. The van der Waals surface area contributed by atoms with Crippen molar-refractivity contribution in [2.75, 3.05) is 0 Å². The number of hydrogen-bond donors (Lipinski definition) is 0. The largest absolute Gasteiger partial charge is 0.456 e. The van der Waals surface area contributed by atoms with Crippen molar-refractivity contribution in [1.82, 2.24) is 19.5 Å². The number of para-hydroxylation sites is 2. The molecule has 0 bridgehead atoms. The van der Waals surface area contributed by atoms with Crippen LogP contribution >= 0.6 is 0 Å². The zero-order valence-electron chi connectivity index (χ0n) is 46.5. The van der Waals surface area contributed by atoms with Gasteiger partial charge in [0.2, 0.25) is 5.95 Å². The van der Waals surface area contributed by atoms with Crippen LogP contribution in [-0.4, -0.2) is 19.5 Å². The first-order chi connectivity index (χ1) is 34.0. The molecule has 0 N–H and O–H groups in total. The Morgan fingerprint density at radius 3 is 2.10 bits per heavy atom. The van der Waals surface area contributed by atoms with Crippen molar-refractivity contribution >= 4 is 65.7 Å². The van der Waals surface area contributed by atoms with Gasteiger partial charge in [-0.25, -0.2) is 4.98 Å². The first-order valence-electron chi connectivity index (χ1n) is 25.7. The predicted octanol–water partition coefficient (Wildman–Crippen LogP) is 11.8. The average molecular weight is 676 g/mol. The fourth-order valence-electron chi connectivity index (χ4n) is 6.20. The third kappa shape index (κ3) is 4.20. The van der Waals surface area contributed by atoms with E-state index in [-0.39, 0.29) is 38.1 Å². The highest BCUT2D eigenvalue weighted by atomic mass is 16.3. The summed E-state index contributed by atoms with van der Waals surface area (Å²) >= 11 is 0. The Hall–Kier alpha value is -7.05. The fraction of sp³-hybridized carbons (Fsp3) is 0. The quantitative estimate of drug-likeness (QED) is 0.186. The van der Waals surface area contributed by atoms with Gasteiger partial charge in [0.1, 0.15) is 22.3 Å². The van der Waals surface area contributed by atoms with Gasteiger partial charge in [0.05, 0.1) is 34.3 Å². The van der Waals surface area contributed by atoms with Crippen molar-refractivity contribution < 1.29 is 37.6 Å². The van der Waals surface area contributed by atoms with Gasteiger partial charge in [-0.15, -0.1) is 0 Å². The molecule has 0 spiro atoms. The Morgan fingerprint density at radius 1 is 0.490 bits per heavy atom. The number of aromatic nitrogens is 4. The molecule has 0 unspecified atom stereocenters. The molecular weight excluding hydrogens is 629 g/mol. The second-order valence-corrected chi connectivity index (χ2v) is 11.2. The molecule has 6 heteroatoms. The molecule has 0 aliphatic carbocycles. The molecule has 0 aliphatic rings. The first-order valence-corrected chi connectivity index (χ1v) is 15.2. The SMILES string of the molecule is [2H]c1c([2H])c([2H])c(-c2nc(-c3c([2H])c([2H])c4c(oc5c([2H])c([2H])c([2H])c(-c6ccccc6)c54)c3[2H])nc(-n3c4c([2H])c([2H])c([2H])c([2H])c4c4c([2H])c([2H])c5c(oc6c([2H])c([2H])c([2H])c([2H])c65)c43)n2)c([2H])c1[2H]. The lowest BCUT2D eigenvalue weighted by Gasteiger charge is -2.11. The summed E-state index contributed by atoms with van der Waals surface area (Å²) in [5.41, 5.74) is -3.33. The van der Waals surface area contributed by atoms with E-state index in [1.807, 2.05) is 0 Å². The normalized spacial score (nSPS) is 17.7. The third-order valence-corrected chi connectivity index (χ3v) is 8.37. The van der Waals surface area contributed by atoms with E-state index in [2.05, 4.69) is 15.0 Å². The summed E-state index contributed by atoms with van der Waals surface area (Å²) in [4.78, 5) is 13.6. The van der Waals surface area contributed by atoms with Gasteiger partial charge in [0.15, 0.2) is 17.2 Å². The molecule has 6 nitrogen and oxygen atoms in total. The summed E-state index contributed by atoms with van der Waals surface area (Å²) in [7, 11) is 0. The molecule has 0 saturated heterocycles. The van der Waals surface area contributed by atoms with Gasteiger partial charge in [-0.3, -0.25) is 4.57 Å². The van der Waals surface area contributed by atoms with Crippen molar-refractivity contribution in [3.05, 3.63) is 157 Å². The summed E-state index contributed by atoms with van der Waals surface area (Å²) in [6, 6.07) is -6.73. The van der Waals surface area contributed by atoms with Gasteiger partial charge in [0, 0.05) is 43.4 Å². The van der Waals surface area contributed by atoms with Crippen LogP contribution in [-0.2, 0) is 0 Å². The Kier molecular flexibility index (Phi) is 3.03. The van der Waals surface area contributed by atoms with E-state index in [0.717, 1.165) is 4.57 Å². The number of fused-ring (bicyclic) bond motifs is 10. The second-order valence-electron chi connectivity index (χ2n) is 11.2. The lowest BCUT2D eigenvalue weighted by atomic mass is 9.99. The number of benzene rings is 7. The summed E-state index contributed by atoms with van der Waals surface area (Å²) in [5, 5.41) is -1.67. The van der Waals surface area contributed by atoms with Crippen molar-refractivity contribution in [3.63, 3.8) is 0 Å². The maximum Gasteiger partial charge on any atom is 0.238 e. The summed E-state index contributed by atoms with van der Waals surface area (Å²) < 4.78 is 200.